The van der Waals surface area contributed by atoms with E-state index in [0.29, 0.717) is 17.7 Å². The van der Waals surface area contributed by atoms with E-state index in [-0.39, 0.29) is 5.92 Å². The predicted octanol–water partition coefficient (Wildman–Crippen LogP) is 1.95. The molecule has 1 amide bonds. The van der Waals surface area contributed by atoms with Crippen molar-refractivity contribution in [3.05, 3.63) is 16.6 Å². The lowest BCUT2D eigenvalue weighted by molar-refractivity contribution is 0.0980. The fourth-order valence-electron chi connectivity index (χ4n) is 1.59. The SMILES string of the molecule is Cc1nscc1C(=O)NS(=O)(=O)[C@@H](C)CC(C)C. The van der Waals surface area contributed by atoms with E-state index in [9.17, 15) is 13.2 Å². The molecule has 0 fully saturated rings. The molecule has 0 spiro atoms. The number of aryl methyl sites for hydroxylation is 1. The maximum absolute atomic E-state index is 11.9. The van der Waals surface area contributed by atoms with Crippen molar-refractivity contribution in [2.75, 3.05) is 0 Å². The van der Waals surface area contributed by atoms with Crippen LogP contribution >= 0.6 is 11.5 Å². The van der Waals surface area contributed by atoms with E-state index < -0.39 is 21.2 Å². The van der Waals surface area contributed by atoms with Gasteiger partial charge in [-0.05, 0) is 37.7 Å². The molecular formula is C11H18N2O3S2. The molecule has 0 unspecified atom stereocenters. The minimum atomic E-state index is -3.62. The molecule has 0 aliphatic rings. The van der Waals surface area contributed by atoms with Crippen molar-refractivity contribution < 1.29 is 13.2 Å². The Bertz CT molecular complexity index is 520. The summed E-state index contributed by atoms with van der Waals surface area (Å²) in [4.78, 5) is 11.8. The Morgan fingerprint density at radius 1 is 1.44 bits per heavy atom. The summed E-state index contributed by atoms with van der Waals surface area (Å²) in [7, 11) is -3.62. The van der Waals surface area contributed by atoms with Gasteiger partial charge >= 0.3 is 0 Å². The van der Waals surface area contributed by atoms with Crippen LogP contribution in [-0.4, -0.2) is 23.9 Å². The van der Waals surface area contributed by atoms with Gasteiger partial charge in [0.2, 0.25) is 10.0 Å². The first-order valence-electron chi connectivity index (χ1n) is 5.71. The van der Waals surface area contributed by atoms with E-state index in [1.165, 1.54) is 0 Å². The zero-order valence-electron chi connectivity index (χ0n) is 10.9. The molecule has 1 aromatic heterocycles. The van der Waals surface area contributed by atoms with Crippen molar-refractivity contribution in [1.82, 2.24) is 9.10 Å². The van der Waals surface area contributed by atoms with Crippen LogP contribution in [0.4, 0.5) is 0 Å². The Morgan fingerprint density at radius 2 is 2.06 bits per heavy atom. The molecule has 0 saturated carbocycles. The topological polar surface area (TPSA) is 76.1 Å². The van der Waals surface area contributed by atoms with Gasteiger partial charge in [0.05, 0.1) is 16.5 Å². The summed E-state index contributed by atoms with van der Waals surface area (Å²) < 4.78 is 29.9. The Morgan fingerprint density at radius 3 is 2.50 bits per heavy atom. The Balaban J connectivity index is 2.78. The maximum atomic E-state index is 11.9. The number of nitrogens with zero attached hydrogens (tertiary/aromatic N) is 1. The lowest BCUT2D eigenvalue weighted by atomic mass is 10.1. The van der Waals surface area contributed by atoms with Crippen LogP contribution in [0.5, 0.6) is 0 Å². The quantitative estimate of drug-likeness (QED) is 0.899. The average Bonchev–Trinajstić information content (AvgIpc) is 2.62. The molecule has 18 heavy (non-hydrogen) atoms. The van der Waals surface area contributed by atoms with Crippen LogP contribution in [0.3, 0.4) is 0 Å². The number of sulfonamides is 1. The molecule has 1 aromatic rings. The zero-order valence-corrected chi connectivity index (χ0v) is 12.6. The van der Waals surface area contributed by atoms with Gasteiger partial charge in [0.1, 0.15) is 0 Å². The summed E-state index contributed by atoms with van der Waals surface area (Å²) in [6.07, 6.45) is 0.517. The number of rotatable bonds is 5. The van der Waals surface area contributed by atoms with E-state index in [1.807, 2.05) is 13.8 Å². The van der Waals surface area contributed by atoms with Gasteiger partial charge in [0, 0.05) is 5.38 Å². The second-order valence-corrected chi connectivity index (χ2v) is 7.46. The van der Waals surface area contributed by atoms with Gasteiger partial charge in [0.25, 0.3) is 5.91 Å². The van der Waals surface area contributed by atoms with E-state index in [2.05, 4.69) is 9.10 Å². The van der Waals surface area contributed by atoms with Gasteiger partial charge in [-0.2, -0.15) is 4.37 Å². The summed E-state index contributed by atoms with van der Waals surface area (Å²) in [6, 6.07) is 0. The second-order valence-electron chi connectivity index (χ2n) is 4.73. The van der Waals surface area contributed by atoms with E-state index in [4.69, 9.17) is 0 Å². The molecule has 5 nitrogen and oxygen atoms in total. The Hall–Kier alpha value is -0.950. The highest BCUT2D eigenvalue weighted by Crippen LogP contribution is 2.13. The lowest BCUT2D eigenvalue weighted by Gasteiger charge is -2.15. The van der Waals surface area contributed by atoms with E-state index in [0.717, 1.165) is 11.5 Å². The molecule has 0 aromatic carbocycles. The predicted molar refractivity (Wildman–Crippen MR) is 72.2 cm³/mol. The number of nitrogens with one attached hydrogen (secondary N) is 1. The van der Waals surface area contributed by atoms with Gasteiger partial charge in [0.15, 0.2) is 0 Å². The molecule has 1 rings (SSSR count). The van der Waals surface area contributed by atoms with Crippen LogP contribution in [0.1, 0.15) is 43.2 Å². The molecule has 1 heterocycles. The summed E-state index contributed by atoms with van der Waals surface area (Å²) in [6.45, 7) is 7.17. The third-order valence-electron chi connectivity index (χ3n) is 2.56. The van der Waals surface area contributed by atoms with Gasteiger partial charge in [-0.1, -0.05) is 13.8 Å². The molecule has 102 valence electrons. The van der Waals surface area contributed by atoms with Gasteiger partial charge in [-0.25, -0.2) is 13.1 Å². The summed E-state index contributed by atoms with van der Waals surface area (Å²) >= 11 is 1.13. The highest BCUT2D eigenvalue weighted by atomic mass is 32.2. The van der Waals surface area contributed by atoms with E-state index >= 15 is 0 Å². The molecule has 0 radical (unpaired) electrons. The number of hydrogen-bond acceptors (Lipinski definition) is 5. The first-order chi connectivity index (χ1) is 8.24. The summed E-state index contributed by atoms with van der Waals surface area (Å²) in [5.74, 6) is -0.340. The molecule has 0 saturated heterocycles. The normalized spacial score (nSPS) is 13.6. The fraction of sp³-hybridized carbons (Fsp3) is 0.636. The highest BCUT2D eigenvalue weighted by Gasteiger charge is 2.25. The summed E-state index contributed by atoms with van der Waals surface area (Å²) in [5.41, 5.74) is 0.865. The van der Waals surface area contributed by atoms with Crippen LogP contribution < -0.4 is 4.72 Å². The standard InChI is InChI=1S/C11H18N2O3S2/c1-7(2)5-8(3)18(15,16)13-11(14)10-6-17-12-9(10)4/h6-8H,5H2,1-4H3,(H,13,14)/t8-/m0/s1. The highest BCUT2D eigenvalue weighted by molar-refractivity contribution is 7.90. The maximum Gasteiger partial charge on any atom is 0.267 e. The number of aromatic nitrogens is 1. The molecular weight excluding hydrogens is 272 g/mol. The van der Waals surface area contributed by atoms with Crippen molar-refractivity contribution in [1.29, 1.82) is 0 Å². The van der Waals surface area contributed by atoms with Crippen LogP contribution in [0.2, 0.25) is 0 Å². The third kappa shape index (κ3) is 3.78. The van der Waals surface area contributed by atoms with Crippen molar-refractivity contribution in [2.24, 2.45) is 5.92 Å². The fourth-order valence-corrected chi connectivity index (χ4v) is 3.49. The number of hydrogen-bond donors (Lipinski definition) is 1. The van der Waals surface area contributed by atoms with Gasteiger partial charge in [-0.15, -0.1) is 0 Å². The number of amides is 1. The molecule has 0 aliphatic carbocycles. The lowest BCUT2D eigenvalue weighted by Crippen LogP contribution is -2.37. The van der Waals surface area contributed by atoms with Crippen LogP contribution in [-0.2, 0) is 10.0 Å². The molecule has 1 atom stereocenters. The minimum absolute atomic E-state index is 0.260. The van der Waals surface area contributed by atoms with Crippen molar-refractivity contribution >= 4 is 27.5 Å². The van der Waals surface area contributed by atoms with Gasteiger partial charge in [-0.3, -0.25) is 4.79 Å². The van der Waals surface area contributed by atoms with Crippen LogP contribution in [0, 0.1) is 12.8 Å². The Labute approximate surface area is 112 Å². The number of carbonyl (C=O) groups is 1. The number of carbonyl (C=O) groups excluding carboxylic acids is 1. The molecule has 7 heteroatoms. The zero-order chi connectivity index (χ0) is 13.9. The second kappa shape index (κ2) is 5.79. The van der Waals surface area contributed by atoms with Gasteiger partial charge < -0.3 is 0 Å². The minimum Gasteiger partial charge on any atom is -0.268 e. The first-order valence-corrected chi connectivity index (χ1v) is 8.09. The first kappa shape index (κ1) is 15.1. The van der Waals surface area contributed by atoms with Crippen molar-refractivity contribution in [3.8, 4) is 0 Å². The molecule has 1 N–H and O–H groups in total. The van der Waals surface area contributed by atoms with Crippen LogP contribution in [0.15, 0.2) is 5.38 Å². The summed E-state index contributed by atoms with van der Waals surface area (Å²) in [5, 5.41) is 0.959. The van der Waals surface area contributed by atoms with Crippen LogP contribution in [0.25, 0.3) is 0 Å². The van der Waals surface area contributed by atoms with Crippen molar-refractivity contribution in [3.63, 3.8) is 0 Å². The Kier molecular flexibility index (Phi) is 4.86. The molecule has 0 bridgehead atoms. The van der Waals surface area contributed by atoms with Crippen molar-refractivity contribution in [2.45, 2.75) is 39.4 Å². The third-order valence-corrected chi connectivity index (χ3v) is 5.00. The van der Waals surface area contributed by atoms with E-state index in [1.54, 1.807) is 19.2 Å². The smallest absolute Gasteiger partial charge is 0.267 e. The monoisotopic (exact) mass is 290 g/mol. The molecule has 0 aliphatic heterocycles. The average molecular weight is 290 g/mol. The largest absolute Gasteiger partial charge is 0.268 e.